The van der Waals surface area contributed by atoms with E-state index in [-0.39, 0.29) is 59.1 Å². The molecule has 6 nitrogen and oxygen atoms in total. The molecule has 2 aliphatic carbocycles. The summed E-state index contributed by atoms with van der Waals surface area (Å²) in [5.74, 6) is 1.16. The van der Waals surface area contributed by atoms with Gasteiger partial charge in [0.15, 0.2) is 8.32 Å². The first-order valence-electron chi connectivity index (χ1n) is 15.4. The number of esters is 1. The molecule has 2 saturated carbocycles. The molecule has 4 fully saturated rings. The predicted octanol–water partition coefficient (Wildman–Crippen LogP) is 7.56. The summed E-state index contributed by atoms with van der Waals surface area (Å²) in [5.41, 5.74) is -0.548. The maximum atomic E-state index is 13.6. The number of carbonyl (C=O) groups excluding carboxylic acids is 2. The van der Waals surface area contributed by atoms with Crippen molar-refractivity contribution in [1.82, 2.24) is 4.90 Å². The number of hydrogen-bond donors (Lipinski definition) is 0. The van der Waals surface area contributed by atoms with Crippen molar-refractivity contribution >= 4 is 20.4 Å². The average molecular weight is 550 g/mol. The molecule has 7 heteroatoms. The summed E-state index contributed by atoms with van der Waals surface area (Å²) in [6.45, 7) is 21.6. The molecule has 0 aromatic heterocycles. The van der Waals surface area contributed by atoms with E-state index in [9.17, 15) is 9.59 Å². The molecular formula is C31H55NO5Si. The first-order valence-corrected chi connectivity index (χ1v) is 18.3. The highest BCUT2D eigenvalue weighted by atomic mass is 28.4. The third-order valence-electron chi connectivity index (χ3n) is 10.7. The number of carbonyl (C=O) groups is 2. The van der Waals surface area contributed by atoms with Crippen LogP contribution in [0.5, 0.6) is 0 Å². The van der Waals surface area contributed by atoms with Crippen LogP contribution in [0.2, 0.25) is 18.1 Å². The molecule has 4 rings (SSSR count). The van der Waals surface area contributed by atoms with Gasteiger partial charge in [-0.25, -0.2) is 4.79 Å². The molecule has 4 aliphatic rings. The maximum absolute atomic E-state index is 13.6. The number of likely N-dealkylation sites (tertiary alicyclic amines) is 1. The minimum absolute atomic E-state index is 0.00707. The molecule has 0 bridgehead atoms. The monoisotopic (exact) mass is 549 g/mol. The van der Waals surface area contributed by atoms with Crippen LogP contribution in [0.25, 0.3) is 0 Å². The van der Waals surface area contributed by atoms with Gasteiger partial charge in [0.05, 0.1) is 12.0 Å². The van der Waals surface area contributed by atoms with Crippen molar-refractivity contribution in [3.8, 4) is 0 Å². The third kappa shape index (κ3) is 5.99. The highest BCUT2D eigenvalue weighted by molar-refractivity contribution is 6.74. The largest absolute Gasteiger partial charge is 0.462 e. The van der Waals surface area contributed by atoms with Crippen molar-refractivity contribution in [3.63, 3.8) is 0 Å². The van der Waals surface area contributed by atoms with E-state index in [1.54, 1.807) is 0 Å². The molecule has 218 valence electrons. The number of fused-ring (bicyclic) bond motifs is 2. The van der Waals surface area contributed by atoms with E-state index in [0.29, 0.717) is 11.8 Å². The number of ether oxygens (including phenoxy) is 2. The predicted molar refractivity (Wildman–Crippen MR) is 153 cm³/mol. The van der Waals surface area contributed by atoms with Crippen molar-refractivity contribution in [1.29, 1.82) is 0 Å². The fourth-order valence-corrected chi connectivity index (χ4v) is 9.18. The Morgan fingerprint density at radius 1 is 0.921 bits per heavy atom. The van der Waals surface area contributed by atoms with Crippen LogP contribution in [0.3, 0.4) is 0 Å². The standard InChI is InChI=1S/C31H55NO5Si/c1-19-15-16-24-25(32(19)29(34)36-30(3,4)5)17-21(18-26(24)37-38(9,10)31(6,7)8)27-23-14-12-11-13-22(23)20(2)35-28(27)33/h19-27H,11-18H2,1-10H3/t19-,20+,21-,22-,23+,24+,25+,26-,27-/m0/s1. The second-order valence-electron chi connectivity index (χ2n) is 15.5. The number of cyclic esters (lactones) is 1. The van der Waals surface area contributed by atoms with Crippen molar-refractivity contribution in [2.45, 2.75) is 155 Å². The Hall–Kier alpha value is -1.08. The number of rotatable bonds is 3. The fraction of sp³-hybridized carbons (Fsp3) is 0.935. The Labute approximate surface area is 233 Å². The van der Waals surface area contributed by atoms with Gasteiger partial charge in [-0.15, -0.1) is 0 Å². The molecule has 0 N–H and O–H groups in total. The maximum Gasteiger partial charge on any atom is 0.410 e. The molecule has 0 radical (unpaired) electrons. The molecule has 0 spiro atoms. The minimum Gasteiger partial charge on any atom is -0.462 e. The molecule has 38 heavy (non-hydrogen) atoms. The summed E-state index contributed by atoms with van der Waals surface area (Å²) >= 11 is 0. The summed E-state index contributed by atoms with van der Waals surface area (Å²) < 4.78 is 19.2. The van der Waals surface area contributed by atoms with Gasteiger partial charge in [0, 0.05) is 18.0 Å². The Bertz CT molecular complexity index is 876. The zero-order valence-electron chi connectivity index (χ0n) is 25.8. The van der Waals surface area contributed by atoms with Crippen LogP contribution in [0.4, 0.5) is 4.79 Å². The lowest BCUT2D eigenvalue weighted by Gasteiger charge is -2.56. The number of hydrogen-bond acceptors (Lipinski definition) is 5. The Balaban J connectivity index is 1.70. The second kappa shape index (κ2) is 10.7. The molecule has 9 atom stereocenters. The quantitative estimate of drug-likeness (QED) is 0.268. The van der Waals surface area contributed by atoms with Gasteiger partial charge in [-0.2, -0.15) is 0 Å². The molecule has 1 amide bonds. The highest BCUT2D eigenvalue weighted by Gasteiger charge is 2.55. The van der Waals surface area contributed by atoms with E-state index in [1.807, 2.05) is 25.7 Å². The van der Waals surface area contributed by atoms with E-state index in [4.69, 9.17) is 13.9 Å². The van der Waals surface area contributed by atoms with Crippen LogP contribution in [-0.4, -0.2) is 55.2 Å². The summed E-state index contributed by atoms with van der Waals surface area (Å²) in [5, 5.41) is 0.0932. The number of amides is 1. The Morgan fingerprint density at radius 2 is 1.55 bits per heavy atom. The molecule has 2 aliphatic heterocycles. The Morgan fingerprint density at radius 3 is 2.16 bits per heavy atom. The van der Waals surface area contributed by atoms with Crippen LogP contribution < -0.4 is 0 Å². The normalized spacial score (nSPS) is 38.6. The zero-order chi connectivity index (χ0) is 28.2. The number of nitrogens with zero attached hydrogens (tertiary/aromatic N) is 1. The van der Waals surface area contributed by atoms with Crippen LogP contribution in [-0.2, 0) is 18.7 Å². The fourth-order valence-electron chi connectivity index (χ4n) is 7.80. The van der Waals surface area contributed by atoms with Gasteiger partial charge in [-0.3, -0.25) is 4.79 Å². The SMILES string of the molecule is C[C@H]1OC(=O)[C@@H]([C@@H]2C[C@H](O[Si](C)(C)C(C)(C)C)[C@@H]3CC[C@H](C)N(C(=O)OC(C)(C)C)[C@@H]3C2)[C@@H]2CCCC[C@H]21. The van der Waals surface area contributed by atoms with Crippen molar-refractivity contribution in [3.05, 3.63) is 0 Å². The molecule has 2 heterocycles. The summed E-state index contributed by atoms with van der Waals surface area (Å²) in [6, 6.07) is 0.135. The molecule has 2 saturated heterocycles. The smallest absolute Gasteiger partial charge is 0.410 e. The summed E-state index contributed by atoms with van der Waals surface area (Å²) in [4.78, 5) is 29.2. The Kier molecular flexibility index (Phi) is 8.43. The topological polar surface area (TPSA) is 65.1 Å². The lowest BCUT2D eigenvalue weighted by Crippen LogP contribution is -2.62. The third-order valence-corrected chi connectivity index (χ3v) is 15.2. The first-order chi connectivity index (χ1) is 17.5. The van der Waals surface area contributed by atoms with Gasteiger partial charge in [0.2, 0.25) is 0 Å². The number of piperidine rings is 1. The van der Waals surface area contributed by atoms with E-state index >= 15 is 0 Å². The second-order valence-corrected chi connectivity index (χ2v) is 20.2. The van der Waals surface area contributed by atoms with E-state index in [1.165, 1.54) is 12.8 Å². The van der Waals surface area contributed by atoms with Gasteiger partial charge < -0.3 is 18.8 Å². The molecule has 0 aromatic rings. The lowest BCUT2D eigenvalue weighted by molar-refractivity contribution is -0.181. The van der Waals surface area contributed by atoms with Crippen LogP contribution in [0.1, 0.15) is 107 Å². The van der Waals surface area contributed by atoms with Crippen LogP contribution >= 0.6 is 0 Å². The van der Waals surface area contributed by atoms with Crippen molar-refractivity contribution in [2.24, 2.45) is 29.6 Å². The van der Waals surface area contributed by atoms with Gasteiger partial charge in [0.1, 0.15) is 11.7 Å². The molecular weight excluding hydrogens is 494 g/mol. The minimum atomic E-state index is -2.07. The van der Waals surface area contributed by atoms with Crippen molar-refractivity contribution < 1.29 is 23.5 Å². The van der Waals surface area contributed by atoms with Crippen LogP contribution in [0.15, 0.2) is 0 Å². The zero-order valence-corrected chi connectivity index (χ0v) is 26.8. The summed E-state index contributed by atoms with van der Waals surface area (Å²) in [7, 11) is -2.07. The molecule has 0 aromatic carbocycles. The van der Waals surface area contributed by atoms with E-state index < -0.39 is 13.9 Å². The van der Waals surface area contributed by atoms with Gasteiger partial charge in [-0.1, -0.05) is 33.6 Å². The van der Waals surface area contributed by atoms with Gasteiger partial charge >= 0.3 is 12.1 Å². The highest BCUT2D eigenvalue weighted by Crippen LogP contribution is 2.52. The van der Waals surface area contributed by atoms with Crippen molar-refractivity contribution in [2.75, 3.05) is 0 Å². The lowest BCUT2D eigenvalue weighted by atomic mass is 9.60. The van der Waals surface area contributed by atoms with Gasteiger partial charge in [-0.05, 0) is 109 Å². The van der Waals surface area contributed by atoms with E-state index in [2.05, 4.69) is 47.7 Å². The first kappa shape index (κ1) is 29.9. The van der Waals surface area contributed by atoms with Crippen LogP contribution in [0, 0.1) is 29.6 Å². The summed E-state index contributed by atoms with van der Waals surface area (Å²) in [6.07, 6.45) is 8.25. The van der Waals surface area contributed by atoms with E-state index in [0.717, 1.165) is 38.5 Å². The average Bonchev–Trinajstić information content (AvgIpc) is 2.76. The molecule has 0 unspecified atom stereocenters. The van der Waals surface area contributed by atoms with Gasteiger partial charge in [0.25, 0.3) is 0 Å².